The van der Waals surface area contributed by atoms with Gasteiger partial charge in [-0.15, -0.1) is 24.0 Å². The molecule has 0 spiro atoms. The smallest absolute Gasteiger partial charge is 0.240 e. The quantitative estimate of drug-likeness (QED) is 0.196. The number of nitrogens with one attached hydrogen (secondary N) is 2. The van der Waals surface area contributed by atoms with E-state index in [1.807, 2.05) is 6.07 Å². The van der Waals surface area contributed by atoms with E-state index < -0.39 is 10.0 Å². The molecule has 0 bridgehead atoms. The van der Waals surface area contributed by atoms with Gasteiger partial charge in [0.1, 0.15) is 0 Å². The van der Waals surface area contributed by atoms with Gasteiger partial charge in [0.15, 0.2) is 5.96 Å². The van der Waals surface area contributed by atoms with Crippen molar-refractivity contribution in [3.63, 3.8) is 0 Å². The van der Waals surface area contributed by atoms with E-state index in [9.17, 15) is 8.42 Å². The SMILES string of the molecule is CCCCCCCCNC(N)=NCc1cccc(S(=O)(=O)NC)c1.I. The number of aliphatic imine (C=N–C) groups is 1. The molecule has 1 aromatic rings. The third-order valence-electron chi connectivity index (χ3n) is 3.75. The number of nitrogens with zero attached hydrogens (tertiary/aromatic N) is 1. The van der Waals surface area contributed by atoms with Crippen LogP contribution in [0.25, 0.3) is 0 Å². The molecule has 0 fully saturated rings. The summed E-state index contributed by atoms with van der Waals surface area (Å²) >= 11 is 0. The van der Waals surface area contributed by atoms with E-state index in [4.69, 9.17) is 5.73 Å². The van der Waals surface area contributed by atoms with Crippen molar-refractivity contribution in [3.8, 4) is 0 Å². The Labute approximate surface area is 169 Å². The van der Waals surface area contributed by atoms with Crippen LogP contribution in [0.3, 0.4) is 0 Å². The molecule has 0 saturated heterocycles. The summed E-state index contributed by atoms with van der Waals surface area (Å²) in [6.45, 7) is 3.38. The predicted molar refractivity (Wildman–Crippen MR) is 115 cm³/mol. The molecular formula is C17H31IN4O2S. The van der Waals surface area contributed by atoms with E-state index in [2.05, 4.69) is 22.0 Å². The number of sulfonamides is 1. The number of hydrogen-bond donors (Lipinski definition) is 3. The average molecular weight is 482 g/mol. The average Bonchev–Trinajstić information content (AvgIpc) is 2.59. The minimum absolute atomic E-state index is 0. The lowest BCUT2D eigenvalue weighted by Gasteiger charge is -2.07. The van der Waals surface area contributed by atoms with Gasteiger partial charge in [0.25, 0.3) is 0 Å². The zero-order valence-corrected chi connectivity index (χ0v) is 18.3. The van der Waals surface area contributed by atoms with Crippen LogP contribution in [-0.2, 0) is 16.6 Å². The lowest BCUT2D eigenvalue weighted by Crippen LogP contribution is -2.32. The maximum atomic E-state index is 11.8. The third kappa shape index (κ3) is 10.0. The molecule has 6 nitrogen and oxygen atoms in total. The van der Waals surface area contributed by atoms with Crippen LogP contribution >= 0.6 is 24.0 Å². The van der Waals surface area contributed by atoms with Crippen LogP contribution in [0, 0.1) is 0 Å². The Morgan fingerprint density at radius 3 is 2.52 bits per heavy atom. The second-order valence-corrected chi connectivity index (χ2v) is 7.64. The first-order valence-corrected chi connectivity index (χ1v) is 10.0. The van der Waals surface area contributed by atoms with Crippen molar-refractivity contribution in [2.45, 2.75) is 56.9 Å². The van der Waals surface area contributed by atoms with Gasteiger partial charge < -0.3 is 11.1 Å². The normalized spacial score (nSPS) is 11.8. The number of guanidine groups is 1. The molecule has 0 aliphatic rings. The summed E-state index contributed by atoms with van der Waals surface area (Å²) in [5.74, 6) is 0.394. The van der Waals surface area contributed by atoms with Crippen LogP contribution < -0.4 is 15.8 Å². The summed E-state index contributed by atoms with van der Waals surface area (Å²) in [4.78, 5) is 4.49. The third-order valence-corrected chi connectivity index (χ3v) is 5.16. The molecule has 0 aliphatic heterocycles. The molecule has 0 unspecified atom stereocenters. The predicted octanol–water partition coefficient (Wildman–Crippen LogP) is 2.98. The van der Waals surface area contributed by atoms with Gasteiger partial charge in [0.05, 0.1) is 11.4 Å². The molecule has 144 valence electrons. The van der Waals surface area contributed by atoms with Crippen molar-refractivity contribution >= 4 is 40.0 Å². The van der Waals surface area contributed by atoms with Crippen molar-refractivity contribution < 1.29 is 8.42 Å². The van der Waals surface area contributed by atoms with Crippen molar-refractivity contribution in [3.05, 3.63) is 29.8 Å². The van der Waals surface area contributed by atoms with Crippen LogP contribution in [0.4, 0.5) is 0 Å². The summed E-state index contributed by atoms with van der Waals surface area (Å²) in [6.07, 6.45) is 7.40. The molecular weight excluding hydrogens is 451 g/mol. The van der Waals surface area contributed by atoms with E-state index >= 15 is 0 Å². The number of rotatable bonds is 11. The van der Waals surface area contributed by atoms with Gasteiger partial charge in [-0.25, -0.2) is 18.1 Å². The fourth-order valence-corrected chi connectivity index (χ4v) is 3.08. The molecule has 1 aromatic carbocycles. The summed E-state index contributed by atoms with van der Waals surface area (Å²) in [6, 6.07) is 6.70. The topological polar surface area (TPSA) is 96.6 Å². The molecule has 0 atom stereocenters. The summed E-state index contributed by atoms with van der Waals surface area (Å²) in [5, 5.41) is 3.10. The Hall–Kier alpha value is -0.870. The van der Waals surface area contributed by atoms with E-state index in [-0.39, 0.29) is 28.9 Å². The molecule has 8 heteroatoms. The Balaban J connectivity index is 0.00000576. The molecule has 0 amide bonds. The first-order chi connectivity index (χ1) is 11.5. The maximum Gasteiger partial charge on any atom is 0.240 e. The Morgan fingerprint density at radius 2 is 1.84 bits per heavy atom. The van der Waals surface area contributed by atoms with Crippen LogP contribution in [0.5, 0.6) is 0 Å². The number of hydrogen-bond acceptors (Lipinski definition) is 3. The standard InChI is InChI=1S/C17H30N4O2S.HI/c1-3-4-5-6-7-8-12-20-17(18)21-14-15-10-9-11-16(13-15)24(22,23)19-2;/h9-11,13,19H,3-8,12,14H2,1-2H3,(H3,18,20,21);1H. The molecule has 4 N–H and O–H groups in total. The molecule has 0 saturated carbocycles. The minimum atomic E-state index is -3.43. The number of halogens is 1. The van der Waals surface area contributed by atoms with E-state index in [1.165, 1.54) is 39.2 Å². The lowest BCUT2D eigenvalue weighted by atomic mass is 10.1. The van der Waals surface area contributed by atoms with E-state index in [1.54, 1.807) is 18.2 Å². The van der Waals surface area contributed by atoms with Crippen molar-refractivity contribution in [1.29, 1.82) is 0 Å². The second-order valence-electron chi connectivity index (χ2n) is 5.75. The van der Waals surface area contributed by atoms with Crippen LogP contribution in [0.2, 0.25) is 0 Å². The fraction of sp³-hybridized carbons (Fsp3) is 0.588. The Morgan fingerprint density at radius 1 is 1.16 bits per heavy atom. The fourth-order valence-electron chi connectivity index (χ4n) is 2.28. The first-order valence-electron chi connectivity index (χ1n) is 8.56. The number of unbranched alkanes of at least 4 members (excludes halogenated alkanes) is 5. The summed E-state index contributed by atoms with van der Waals surface area (Å²) < 4.78 is 25.9. The largest absolute Gasteiger partial charge is 0.370 e. The molecule has 0 aromatic heterocycles. The highest BCUT2D eigenvalue weighted by Gasteiger charge is 2.10. The molecule has 1 rings (SSSR count). The molecule has 0 heterocycles. The second kappa shape index (κ2) is 13.3. The lowest BCUT2D eigenvalue weighted by molar-refractivity contribution is 0.588. The van der Waals surface area contributed by atoms with E-state index in [0.717, 1.165) is 18.5 Å². The summed E-state index contributed by atoms with van der Waals surface area (Å²) in [7, 11) is -2.04. The monoisotopic (exact) mass is 482 g/mol. The van der Waals surface area contributed by atoms with E-state index in [0.29, 0.717) is 12.5 Å². The molecule has 0 radical (unpaired) electrons. The summed E-state index contributed by atoms with van der Waals surface area (Å²) in [5.41, 5.74) is 6.64. The van der Waals surface area contributed by atoms with Crippen molar-refractivity contribution in [2.75, 3.05) is 13.6 Å². The van der Waals surface area contributed by atoms with Crippen molar-refractivity contribution in [2.24, 2.45) is 10.7 Å². The van der Waals surface area contributed by atoms with Gasteiger partial charge in [-0.2, -0.15) is 0 Å². The van der Waals surface area contributed by atoms with Gasteiger partial charge >= 0.3 is 0 Å². The number of benzene rings is 1. The van der Waals surface area contributed by atoms with Gasteiger partial charge in [-0.3, -0.25) is 0 Å². The Bertz CT molecular complexity index is 621. The van der Waals surface area contributed by atoms with Crippen molar-refractivity contribution in [1.82, 2.24) is 10.0 Å². The highest BCUT2D eigenvalue weighted by Crippen LogP contribution is 2.11. The zero-order chi connectivity index (χ0) is 17.8. The highest BCUT2D eigenvalue weighted by atomic mass is 127. The van der Waals surface area contributed by atoms with Gasteiger partial charge in [-0.05, 0) is 31.2 Å². The Kier molecular flexibility index (Phi) is 12.9. The van der Waals surface area contributed by atoms with Crippen LogP contribution in [0.15, 0.2) is 34.2 Å². The van der Waals surface area contributed by atoms with Gasteiger partial charge in [0, 0.05) is 6.54 Å². The maximum absolute atomic E-state index is 11.8. The molecule has 25 heavy (non-hydrogen) atoms. The highest BCUT2D eigenvalue weighted by molar-refractivity contribution is 14.0. The molecule has 0 aliphatic carbocycles. The van der Waals surface area contributed by atoms with Crippen LogP contribution in [0.1, 0.15) is 51.0 Å². The van der Waals surface area contributed by atoms with Gasteiger partial charge in [0.2, 0.25) is 10.0 Å². The minimum Gasteiger partial charge on any atom is -0.370 e. The van der Waals surface area contributed by atoms with Crippen LogP contribution in [-0.4, -0.2) is 28.0 Å². The van der Waals surface area contributed by atoms with Gasteiger partial charge in [-0.1, -0.05) is 51.2 Å². The number of nitrogens with two attached hydrogens (primary N) is 1. The first kappa shape index (κ1) is 24.1. The zero-order valence-electron chi connectivity index (χ0n) is 15.1.